The second-order valence-electron chi connectivity index (χ2n) is 7.86. The van der Waals surface area contributed by atoms with Crippen LogP contribution in [-0.2, 0) is 9.53 Å². The van der Waals surface area contributed by atoms with E-state index in [-0.39, 0.29) is 11.8 Å². The minimum atomic E-state index is -0.576. The average Bonchev–Trinajstić information content (AvgIpc) is 2.54. The molecule has 1 rings (SSSR count). The van der Waals surface area contributed by atoms with Gasteiger partial charge in [-0.1, -0.05) is 34.6 Å². The number of rotatable bonds is 8. The molecule has 0 aromatic carbocycles. The van der Waals surface area contributed by atoms with Gasteiger partial charge in [0.25, 0.3) is 0 Å². The van der Waals surface area contributed by atoms with E-state index in [4.69, 9.17) is 4.74 Å². The fraction of sp³-hybridized carbons (Fsp3) is 0.895. The molecule has 6 nitrogen and oxygen atoms in total. The Hall–Kier alpha value is -1.30. The molecule has 1 heterocycles. The molecule has 1 saturated heterocycles. The Balaban J connectivity index is 2.60. The van der Waals surface area contributed by atoms with Gasteiger partial charge < -0.3 is 15.4 Å². The van der Waals surface area contributed by atoms with E-state index in [2.05, 4.69) is 36.3 Å². The molecule has 1 aliphatic heterocycles. The minimum absolute atomic E-state index is 0.00209. The first-order chi connectivity index (χ1) is 11.8. The lowest BCUT2D eigenvalue weighted by Gasteiger charge is -2.39. The zero-order valence-corrected chi connectivity index (χ0v) is 16.8. The Morgan fingerprint density at radius 3 is 2.20 bits per heavy atom. The number of alkyl carbamates (subject to hydrolysis) is 1. The maximum absolute atomic E-state index is 12.6. The first kappa shape index (κ1) is 21.7. The van der Waals surface area contributed by atoms with Gasteiger partial charge in [0.1, 0.15) is 6.04 Å². The highest BCUT2D eigenvalue weighted by Crippen LogP contribution is 2.21. The first-order valence-electron chi connectivity index (χ1n) is 9.71. The number of amides is 2. The second-order valence-corrected chi connectivity index (χ2v) is 7.86. The van der Waals surface area contributed by atoms with Crippen molar-refractivity contribution in [3.63, 3.8) is 0 Å². The number of nitrogens with zero attached hydrogens (tertiary/aromatic N) is 1. The zero-order valence-electron chi connectivity index (χ0n) is 16.8. The van der Waals surface area contributed by atoms with Crippen LogP contribution in [0.1, 0.15) is 54.4 Å². The lowest BCUT2D eigenvalue weighted by molar-refractivity contribution is -0.124. The Labute approximate surface area is 153 Å². The molecule has 2 N–H and O–H groups in total. The van der Waals surface area contributed by atoms with Crippen molar-refractivity contribution >= 4 is 12.0 Å². The van der Waals surface area contributed by atoms with Crippen LogP contribution < -0.4 is 10.6 Å². The Bertz CT molecular complexity index is 418. The van der Waals surface area contributed by atoms with Gasteiger partial charge in [-0.2, -0.15) is 0 Å². The fourth-order valence-corrected chi connectivity index (χ4v) is 3.30. The third-order valence-corrected chi connectivity index (χ3v) is 5.04. The van der Waals surface area contributed by atoms with Crippen molar-refractivity contribution in [2.75, 3.05) is 26.2 Å². The third kappa shape index (κ3) is 7.22. The summed E-state index contributed by atoms with van der Waals surface area (Å²) < 4.78 is 4.90. The summed E-state index contributed by atoms with van der Waals surface area (Å²) in [4.78, 5) is 26.7. The third-order valence-electron chi connectivity index (χ3n) is 5.04. The van der Waals surface area contributed by atoms with Crippen LogP contribution in [0.5, 0.6) is 0 Å². The van der Waals surface area contributed by atoms with Crippen LogP contribution in [0.15, 0.2) is 0 Å². The van der Waals surface area contributed by atoms with E-state index in [1.54, 1.807) is 6.92 Å². The predicted octanol–water partition coefficient (Wildman–Crippen LogP) is 2.63. The van der Waals surface area contributed by atoms with Crippen LogP contribution >= 0.6 is 0 Å². The fourth-order valence-electron chi connectivity index (χ4n) is 3.30. The molecule has 2 amide bonds. The minimum Gasteiger partial charge on any atom is -0.450 e. The van der Waals surface area contributed by atoms with E-state index in [1.165, 1.54) is 12.8 Å². The van der Waals surface area contributed by atoms with Gasteiger partial charge in [0.05, 0.1) is 6.61 Å². The van der Waals surface area contributed by atoms with Gasteiger partial charge in [0, 0.05) is 12.6 Å². The molecule has 1 fully saturated rings. The maximum Gasteiger partial charge on any atom is 0.407 e. The number of ether oxygens (including phenoxy) is 1. The maximum atomic E-state index is 12.6. The van der Waals surface area contributed by atoms with E-state index in [0.717, 1.165) is 19.0 Å². The number of carbonyl (C=O) groups excluding carboxylic acids is 2. The quantitative estimate of drug-likeness (QED) is 0.702. The number of nitrogens with one attached hydrogen (secondary N) is 2. The van der Waals surface area contributed by atoms with Crippen LogP contribution in [0.3, 0.4) is 0 Å². The zero-order chi connectivity index (χ0) is 19.0. The largest absolute Gasteiger partial charge is 0.450 e. The van der Waals surface area contributed by atoms with Crippen molar-refractivity contribution in [1.82, 2.24) is 15.5 Å². The smallest absolute Gasteiger partial charge is 0.407 e. The monoisotopic (exact) mass is 355 g/mol. The molecule has 2 atom stereocenters. The molecule has 0 spiro atoms. The van der Waals surface area contributed by atoms with Crippen molar-refractivity contribution in [2.45, 2.75) is 66.5 Å². The molecule has 0 saturated carbocycles. The molecule has 1 aliphatic rings. The van der Waals surface area contributed by atoms with Crippen LogP contribution in [0.2, 0.25) is 0 Å². The van der Waals surface area contributed by atoms with E-state index in [9.17, 15) is 9.59 Å². The van der Waals surface area contributed by atoms with Gasteiger partial charge in [-0.05, 0) is 50.6 Å². The Morgan fingerprint density at radius 2 is 1.72 bits per heavy atom. The first-order valence-corrected chi connectivity index (χ1v) is 9.71. The van der Waals surface area contributed by atoms with Gasteiger partial charge in [0.2, 0.25) is 5.91 Å². The summed E-state index contributed by atoms with van der Waals surface area (Å²) in [5, 5.41) is 5.72. The lowest BCUT2D eigenvalue weighted by Crippen LogP contribution is -2.54. The van der Waals surface area contributed by atoms with Gasteiger partial charge in [-0.3, -0.25) is 9.69 Å². The Kier molecular flexibility index (Phi) is 9.25. The highest BCUT2D eigenvalue weighted by molar-refractivity contribution is 5.85. The van der Waals surface area contributed by atoms with E-state index < -0.39 is 12.1 Å². The molecular formula is C19H37N3O3. The highest BCUT2D eigenvalue weighted by Gasteiger charge is 2.29. The molecule has 25 heavy (non-hydrogen) atoms. The molecule has 0 aromatic rings. The molecule has 2 unspecified atom stereocenters. The van der Waals surface area contributed by atoms with Gasteiger partial charge in [-0.15, -0.1) is 0 Å². The van der Waals surface area contributed by atoms with Crippen LogP contribution in [0.25, 0.3) is 0 Å². The Morgan fingerprint density at radius 1 is 1.12 bits per heavy atom. The summed E-state index contributed by atoms with van der Waals surface area (Å²) in [6, 6.07) is -0.250. The number of hydrogen-bond acceptors (Lipinski definition) is 4. The van der Waals surface area contributed by atoms with Gasteiger partial charge in [0.15, 0.2) is 0 Å². The predicted molar refractivity (Wildman–Crippen MR) is 100 cm³/mol. The molecular weight excluding hydrogens is 318 g/mol. The number of hydrogen-bond donors (Lipinski definition) is 2. The molecule has 146 valence electrons. The lowest BCUT2D eigenvalue weighted by atomic mass is 9.94. The number of likely N-dealkylation sites (tertiary alicyclic amines) is 1. The van der Waals surface area contributed by atoms with Gasteiger partial charge in [-0.25, -0.2) is 4.79 Å². The van der Waals surface area contributed by atoms with Crippen LogP contribution in [0.4, 0.5) is 4.79 Å². The molecule has 6 heteroatoms. The second kappa shape index (κ2) is 10.6. The summed E-state index contributed by atoms with van der Waals surface area (Å²) >= 11 is 0. The van der Waals surface area contributed by atoms with E-state index >= 15 is 0 Å². The van der Waals surface area contributed by atoms with Crippen molar-refractivity contribution in [3.05, 3.63) is 0 Å². The average molecular weight is 356 g/mol. The standard InChI is InChI=1S/C19H37N3O3/c1-7-25-19(24)21-17(14(4)5)18(23)20-12-16(13(2)3)22-10-8-15(6)9-11-22/h13-17H,7-12H2,1-6H3,(H,20,23)(H,21,24). The van der Waals surface area contributed by atoms with Gasteiger partial charge >= 0.3 is 6.09 Å². The van der Waals surface area contributed by atoms with Crippen molar-refractivity contribution in [1.29, 1.82) is 0 Å². The van der Waals surface area contributed by atoms with Crippen LogP contribution in [-0.4, -0.2) is 55.2 Å². The summed E-state index contributed by atoms with van der Waals surface area (Å²) in [5.41, 5.74) is 0. The van der Waals surface area contributed by atoms with Crippen molar-refractivity contribution in [3.8, 4) is 0 Å². The van der Waals surface area contributed by atoms with Crippen molar-refractivity contribution in [2.24, 2.45) is 17.8 Å². The highest BCUT2D eigenvalue weighted by atomic mass is 16.5. The number of piperidine rings is 1. The molecule has 0 radical (unpaired) electrons. The summed E-state index contributed by atoms with van der Waals surface area (Å²) in [6.45, 7) is 15.4. The summed E-state index contributed by atoms with van der Waals surface area (Å²) in [6.07, 6.45) is 1.90. The van der Waals surface area contributed by atoms with Crippen molar-refractivity contribution < 1.29 is 14.3 Å². The SMILES string of the molecule is CCOC(=O)NC(C(=O)NCC(C(C)C)N1CCC(C)CC1)C(C)C. The molecule has 0 aliphatic carbocycles. The molecule has 0 aromatic heterocycles. The van der Waals surface area contributed by atoms with E-state index in [1.807, 2.05) is 13.8 Å². The van der Waals surface area contributed by atoms with E-state index in [0.29, 0.717) is 25.1 Å². The summed E-state index contributed by atoms with van der Waals surface area (Å²) in [7, 11) is 0. The van der Waals surface area contributed by atoms with Crippen LogP contribution in [0, 0.1) is 17.8 Å². The topological polar surface area (TPSA) is 70.7 Å². The molecule has 0 bridgehead atoms. The normalized spacial score (nSPS) is 18.9. The summed E-state index contributed by atoms with van der Waals surface area (Å²) in [5.74, 6) is 1.11. The number of carbonyl (C=O) groups is 2.